The van der Waals surface area contributed by atoms with E-state index in [1.165, 1.54) is 19.1 Å². The summed E-state index contributed by atoms with van der Waals surface area (Å²) in [6, 6.07) is 2.65. The summed E-state index contributed by atoms with van der Waals surface area (Å²) in [5.41, 5.74) is 5.23. The first kappa shape index (κ1) is 11.7. The van der Waals surface area contributed by atoms with Gasteiger partial charge in [-0.3, -0.25) is 4.79 Å². The van der Waals surface area contributed by atoms with Crippen LogP contribution in [0.4, 0.5) is 14.5 Å². The molecule has 0 heterocycles. The molecule has 2 N–H and O–H groups in total. The van der Waals surface area contributed by atoms with Crippen LogP contribution in [-0.2, 0) is 0 Å². The third-order valence-corrected chi connectivity index (χ3v) is 2.01. The number of hydrogen-bond donors (Lipinski definition) is 1. The van der Waals surface area contributed by atoms with E-state index >= 15 is 0 Å². The lowest BCUT2D eigenvalue weighted by Crippen LogP contribution is -2.09. The molecule has 0 aliphatic carbocycles. The van der Waals surface area contributed by atoms with Crippen molar-refractivity contribution < 1.29 is 18.3 Å². The average Bonchev–Trinajstić information content (AvgIpc) is 2.10. The number of nitrogens with two attached hydrogens (primary N) is 1. The predicted molar refractivity (Wildman–Crippen MR) is 52.5 cm³/mol. The first-order chi connectivity index (χ1) is 6.93. The largest absolute Gasteiger partial charge is 0.432 e. The Labute approximate surface area is 89.8 Å². The van der Waals surface area contributed by atoms with E-state index in [2.05, 4.69) is 4.74 Å². The molecule has 0 spiro atoms. The molecule has 0 fully saturated rings. The van der Waals surface area contributed by atoms with Gasteiger partial charge in [-0.05, 0) is 19.1 Å². The molecule has 0 amide bonds. The highest BCUT2D eigenvalue weighted by molar-refractivity contribution is 6.34. The summed E-state index contributed by atoms with van der Waals surface area (Å²) in [5, 5.41) is 0.0346. The number of halogens is 3. The van der Waals surface area contributed by atoms with E-state index in [1.54, 1.807) is 0 Å². The number of Topliss-reactive ketones (excluding diaryl/α,β-unsaturated/α-hetero) is 1. The van der Waals surface area contributed by atoms with Crippen LogP contribution in [0.25, 0.3) is 0 Å². The number of alkyl halides is 2. The van der Waals surface area contributed by atoms with Crippen LogP contribution in [-0.4, -0.2) is 12.4 Å². The fourth-order valence-corrected chi connectivity index (χ4v) is 1.40. The van der Waals surface area contributed by atoms with E-state index in [1.807, 2.05) is 0 Å². The number of rotatable bonds is 3. The Morgan fingerprint density at radius 2 is 2.13 bits per heavy atom. The number of ketones is 1. The van der Waals surface area contributed by atoms with Crippen molar-refractivity contribution in [2.24, 2.45) is 0 Å². The summed E-state index contributed by atoms with van der Waals surface area (Å²) in [5.74, 6) is -0.854. The highest BCUT2D eigenvalue weighted by Gasteiger charge is 2.19. The van der Waals surface area contributed by atoms with Crippen LogP contribution in [0.15, 0.2) is 12.1 Å². The van der Waals surface area contributed by atoms with Gasteiger partial charge in [-0.15, -0.1) is 0 Å². The smallest absolute Gasteiger partial charge is 0.387 e. The molecule has 82 valence electrons. The SMILES string of the molecule is CC(=O)c1c(Cl)ccc(N)c1OC(F)F. The highest BCUT2D eigenvalue weighted by atomic mass is 35.5. The molecule has 0 saturated carbocycles. The van der Waals surface area contributed by atoms with E-state index in [0.29, 0.717) is 0 Å². The van der Waals surface area contributed by atoms with E-state index < -0.39 is 12.4 Å². The fraction of sp³-hybridized carbons (Fsp3) is 0.222. The second-order valence-electron chi connectivity index (χ2n) is 2.78. The second kappa shape index (κ2) is 4.44. The Hall–Kier alpha value is -1.36. The van der Waals surface area contributed by atoms with Gasteiger partial charge in [-0.1, -0.05) is 11.6 Å². The van der Waals surface area contributed by atoms with E-state index in [4.69, 9.17) is 17.3 Å². The first-order valence-electron chi connectivity index (χ1n) is 3.97. The summed E-state index contributed by atoms with van der Waals surface area (Å²) >= 11 is 5.68. The summed E-state index contributed by atoms with van der Waals surface area (Å²) in [4.78, 5) is 11.2. The maximum Gasteiger partial charge on any atom is 0.387 e. The van der Waals surface area contributed by atoms with Crippen molar-refractivity contribution in [2.75, 3.05) is 5.73 Å². The molecule has 0 aromatic heterocycles. The maximum absolute atomic E-state index is 12.0. The van der Waals surface area contributed by atoms with Gasteiger partial charge in [0.25, 0.3) is 0 Å². The molecule has 0 aliphatic heterocycles. The van der Waals surface area contributed by atoms with Crippen LogP contribution in [0.5, 0.6) is 5.75 Å². The van der Waals surface area contributed by atoms with Crippen molar-refractivity contribution in [2.45, 2.75) is 13.5 Å². The van der Waals surface area contributed by atoms with Crippen molar-refractivity contribution in [1.29, 1.82) is 0 Å². The molecule has 0 saturated heterocycles. The molecule has 3 nitrogen and oxygen atoms in total. The summed E-state index contributed by atoms with van der Waals surface area (Å²) in [7, 11) is 0. The van der Waals surface area contributed by atoms with Gasteiger partial charge in [-0.25, -0.2) is 0 Å². The fourth-order valence-electron chi connectivity index (χ4n) is 1.12. The van der Waals surface area contributed by atoms with Crippen molar-refractivity contribution in [1.82, 2.24) is 0 Å². The third kappa shape index (κ3) is 2.56. The zero-order chi connectivity index (χ0) is 11.6. The molecule has 6 heteroatoms. The Bertz CT molecular complexity index is 396. The Balaban J connectivity index is 3.31. The standard InChI is InChI=1S/C9H8ClF2NO2/c1-4(14)7-5(10)2-3-6(13)8(7)15-9(11)12/h2-3,9H,13H2,1H3. The summed E-state index contributed by atoms with van der Waals surface area (Å²) in [6.07, 6.45) is 0. The monoisotopic (exact) mass is 235 g/mol. The molecule has 0 radical (unpaired) electrons. The van der Waals surface area contributed by atoms with Crippen LogP contribution in [0.3, 0.4) is 0 Å². The third-order valence-electron chi connectivity index (χ3n) is 1.70. The molecule has 1 aromatic rings. The number of hydrogen-bond acceptors (Lipinski definition) is 3. The topological polar surface area (TPSA) is 52.3 Å². The minimum Gasteiger partial charge on any atom is -0.432 e. The van der Waals surface area contributed by atoms with Gasteiger partial charge in [0.05, 0.1) is 16.3 Å². The molecule has 1 rings (SSSR count). The Morgan fingerprint density at radius 1 is 1.53 bits per heavy atom. The lowest BCUT2D eigenvalue weighted by atomic mass is 10.1. The minimum atomic E-state index is -3.05. The minimum absolute atomic E-state index is 0.0346. The number of ether oxygens (including phenoxy) is 1. The number of carbonyl (C=O) groups excluding carboxylic acids is 1. The zero-order valence-electron chi connectivity index (χ0n) is 7.76. The Morgan fingerprint density at radius 3 is 2.60 bits per heavy atom. The van der Waals surface area contributed by atoms with Gasteiger partial charge >= 0.3 is 6.61 Å². The second-order valence-corrected chi connectivity index (χ2v) is 3.18. The van der Waals surface area contributed by atoms with E-state index in [9.17, 15) is 13.6 Å². The van der Waals surface area contributed by atoms with Gasteiger partial charge in [-0.2, -0.15) is 8.78 Å². The average molecular weight is 236 g/mol. The van der Waals surface area contributed by atoms with Crippen LogP contribution in [0.2, 0.25) is 5.02 Å². The Kier molecular flexibility index (Phi) is 3.47. The number of carbonyl (C=O) groups is 1. The number of anilines is 1. The molecule has 0 bridgehead atoms. The first-order valence-corrected chi connectivity index (χ1v) is 4.35. The van der Waals surface area contributed by atoms with Crippen molar-refractivity contribution >= 4 is 23.1 Å². The lowest BCUT2D eigenvalue weighted by Gasteiger charge is -2.12. The van der Waals surface area contributed by atoms with Gasteiger partial charge in [0.15, 0.2) is 11.5 Å². The maximum atomic E-state index is 12.0. The van der Waals surface area contributed by atoms with Crippen LogP contribution >= 0.6 is 11.6 Å². The molecule has 15 heavy (non-hydrogen) atoms. The van der Waals surface area contributed by atoms with Crippen molar-refractivity contribution in [3.8, 4) is 5.75 Å². The molecule has 0 aliphatic rings. The zero-order valence-corrected chi connectivity index (χ0v) is 8.52. The molecule has 0 unspecified atom stereocenters. The number of benzene rings is 1. The van der Waals surface area contributed by atoms with Crippen LogP contribution in [0.1, 0.15) is 17.3 Å². The predicted octanol–water partition coefficient (Wildman–Crippen LogP) is 2.73. The highest BCUT2D eigenvalue weighted by Crippen LogP contribution is 2.33. The van der Waals surface area contributed by atoms with Gasteiger partial charge in [0.2, 0.25) is 0 Å². The summed E-state index contributed by atoms with van der Waals surface area (Å²) in [6.45, 7) is -1.86. The van der Waals surface area contributed by atoms with Crippen molar-refractivity contribution in [3.63, 3.8) is 0 Å². The molecule has 1 aromatic carbocycles. The van der Waals surface area contributed by atoms with Crippen LogP contribution < -0.4 is 10.5 Å². The normalized spacial score (nSPS) is 10.5. The molecular weight excluding hydrogens is 228 g/mol. The van der Waals surface area contributed by atoms with E-state index in [0.717, 1.165) is 0 Å². The lowest BCUT2D eigenvalue weighted by molar-refractivity contribution is -0.0496. The molecular formula is C9H8ClF2NO2. The van der Waals surface area contributed by atoms with Gasteiger partial charge < -0.3 is 10.5 Å². The van der Waals surface area contributed by atoms with Crippen molar-refractivity contribution in [3.05, 3.63) is 22.7 Å². The summed E-state index contributed by atoms with van der Waals surface area (Å²) < 4.78 is 28.2. The van der Waals surface area contributed by atoms with Gasteiger partial charge in [0.1, 0.15) is 0 Å². The molecule has 0 atom stereocenters. The van der Waals surface area contributed by atoms with E-state index in [-0.39, 0.29) is 22.0 Å². The van der Waals surface area contributed by atoms with Gasteiger partial charge in [0, 0.05) is 0 Å². The number of nitrogen functional groups attached to an aromatic ring is 1. The quantitative estimate of drug-likeness (QED) is 0.647. The van der Waals surface area contributed by atoms with Crippen LogP contribution in [0, 0.1) is 0 Å².